The Hall–Kier alpha value is -2.81. The van der Waals surface area contributed by atoms with Crippen LogP contribution < -0.4 is 0 Å². The van der Waals surface area contributed by atoms with E-state index in [-0.39, 0.29) is 6.10 Å². The molecule has 0 amide bonds. The molecule has 1 aliphatic heterocycles. The summed E-state index contributed by atoms with van der Waals surface area (Å²) in [6, 6.07) is 14.1. The van der Waals surface area contributed by atoms with Crippen LogP contribution in [0.4, 0.5) is 0 Å². The molecule has 160 valence electrons. The molecule has 1 aromatic carbocycles. The molecular weight excluding hydrogens is 412 g/mol. The van der Waals surface area contributed by atoms with Crippen LogP contribution in [0.5, 0.6) is 0 Å². The second kappa shape index (κ2) is 9.13. The lowest BCUT2D eigenvalue weighted by atomic mass is 10.1. The van der Waals surface area contributed by atoms with Gasteiger partial charge in [-0.1, -0.05) is 41.6 Å². The molecule has 1 fully saturated rings. The lowest BCUT2D eigenvalue weighted by Crippen LogP contribution is -2.31. The smallest absolute Gasteiger partial charge is 0.253 e. The number of nitrogens with zero attached hydrogens (tertiary/aromatic N) is 4. The number of ether oxygens (including phenoxy) is 1. The quantitative estimate of drug-likeness (QED) is 0.387. The highest BCUT2D eigenvalue weighted by Crippen LogP contribution is 2.33. The summed E-state index contributed by atoms with van der Waals surface area (Å²) in [4.78, 5) is 3.62. The molecule has 7 nitrogen and oxygen atoms in total. The summed E-state index contributed by atoms with van der Waals surface area (Å²) in [6.07, 6.45) is 2.47. The van der Waals surface area contributed by atoms with E-state index >= 15 is 0 Å². The van der Waals surface area contributed by atoms with Crippen LogP contribution in [0.1, 0.15) is 29.4 Å². The third-order valence-electron chi connectivity index (χ3n) is 5.39. The molecule has 4 aromatic rings. The summed E-state index contributed by atoms with van der Waals surface area (Å²) in [7, 11) is 0. The van der Waals surface area contributed by atoms with Gasteiger partial charge < -0.3 is 13.7 Å². The molecule has 0 bridgehead atoms. The van der Waals surface area contributed by atoms with Crippen LogP contribution in [0.3, 0.4) is 0 Å². The predicted molar refractivity (Wildman–Crippen MR) is 117 cm³/mol. The Morgan fingerprint density at radius 1 is 1.10 bits per heavy atom. The summed E-state index contributed by atoms with van der Waals surface area (Å²) in [5, 5.41) is 15.0. The molecule has 1 atom stereocenters. The summed E-state index contributed by atoms with van der Waals surface area (Å²) >= 11 is 1.75. The molecular formula is C23H24N4O3S. The first-order valence-electron chi connectivity index (χ1n) is 10.5. The van der Waals surface area contributed by atoms with Crippen LogP contribution in [0.2, 0.25) is 0 Å². The zero-order chi connectivity index (χ0) is 21.0. The number of thiophene rings is 1. The Bertz CT molecular complexity index is 1100. The highest BCUT2D eigenvalue weighted by molar-refractivity contribution is 7.09. The highest BCUT2D eigenvalue weighted by Gasteiger charge is 2.24. The lowest BCUT2D eigenvalue weighted by Gasteiger charge is -2.23. The monoisotopic (exact) mass is 436 g/mol. The fourth-order valence-electron chi connectivity index (χ4n) is 3.91. The van der Waals surface area contributed by atoms with E-state index in [0.717, 1.165) is 43.7 Å². The first-order valence-corrected chi connectivity index (χ1v) is 11.3. The number of hydrogen-bond acceptors (Lipinski definition) is 8. The van der Waals surface area contributed by atoms with Crippen LogP contribution in [0, 0.1) is 6.92 Å². The van der Waals surface area contributed by atoms with Crippen molar-refractivity contribution in [2.75, 3.05) is 13.2 Å². The molecule has 0 unspecified atom stereocenters. The zero-order valence-corrected chi connectivity index (χ0v) is 18.2. The van der Waals surface area contributed by atoms with Crippen molar-refractivity contribution >= 4 is 11.3 Å². The minimum atomic E-state index is 0.257. The average molecular weight is 437 g/mol. The van der Waals surface area contributed by atoms with Crippen molar-refractivity contribution in [3.63, 3.8) is 0 Å². The van der Waals surface area contributed by atoms with Gasteiger partial charge in [0.05, 0.1) is 12.6 Å². The van der Waals surface area contributed by atoms with Gasteiger partial charge in [-0.15, -0.1) is 21.5 Å². The van der Waals surface area contributed by atoms with E-state index in [1.54, 1.807) is 11.3 Å². The Kier molecular flexibility index (Phi) is 5.93. The summed E-state index contributed by atoms with van der Waals surface area (Å²) in [6.45, 7) is 4.94. The molecule has 0 N–H and O–H groups in total. The van der Waals surface area contributed by atoms with E-state index in [9.17, 15) is 0 Å². The van der Waals surface area contributed by atoms with E-state index < -0.39 is 0 Å². The maximum Gasteiger partial charge on any atom is 0.253 e. The van der Waals surface area contributed by atoms with Crippen LogP contribution in [0.15, 0.2) is 56.8 Å². The first-order chi connectivity index (χ1) is 15.3. The second-order valence-electron chi connectivity index (χ2n) is 7.71. The van der Waals surface area contributed by atoms with Crippen molar-refractivity contribution in [2.24, 2.45) is 0 Å². The molecule has 0 aliphatic carbocycles. The van der Waals surface area contributed by atoms with Crippen molar-refractivity contribution < 1.29 is 13.7 Å². The molecule has 8 heteroatoms. The zero-order valence-electron chi connectivity index (χ0n) is 17.4. The van der Waals surface area contributed by atoms with Gasteiger partial charge in [-0.25, -0.2) is 0 Å². The third-order valence-corrected chi connectivity index (χ3v) is 6.26. The van der Waals surface area contributed by atoms with E-state index in [4.69, 9.17) is 13.7 Å². The number of aryl methyl sites for hydroxylation is 1. The maximum absolute atomic E-state index is 6.08. The molecule has 31 heavy (non-hydrogen) atoms. The standard InChI is InChI=1S/C23H24N4O3S/c1-16-21(22(26-30-16)17-7-3-2-4-8-17)23-25-24-20(29-23)15-27(13-18-9-5-11-28-18)14-19-10-6-12-31-19/h2-4,6-8,10,12,18H,5,9,11,13-15H2,1H3/t18-/m1/s1. The molecule has 4 heterocycles. The van der Waals surface area contributed by atoms with Crippen LogP contribution in [-0.2, 0) is 17.8 Å². The highest BCUT2D eigenvalue weighted by atomic mass is 32.1. The van der Waals surface area contributed by atoms with Gasteiger partial charge in [0.2, 0.25) is 5.89 Å². The SMILES string of the molecule is Cc1onc(-c2ccccc2)c1-c1nnc(CN(Cc2cccs2)C[C@H]2CCCO2)o1. The fourth-order valence-corrected chi connectivity index (χ4v) is 4.66. The number of hydrogen-bond donors (Lipinski definition) is 0. The van der Waals surface area contributed by atoms with E-state index in [1.165, 1.54) is 4.88 Å². The van der Waals surface area contributed by atoms with Crippen molar-refractivity contribution in [2.45, 2.75) is 39.0 Å². The van der Waals surface area contributed by atoms with Gasteiger partial charge in [0.15, 0.2) is 0 Å². The largest absolute Gasteiger partial charge is 0.419 e. The number of aromatic nitrogens is 3. The number of rotatable bonds is 8. The lowest BCUT2D eigenvalue weighted by molar-refractivity contribution is 0.0653. The van der Waals surface area contributed by atoms with E-state index in [1.807, 2.05) is 37.3 Å². The molecule has 3 aromatic heterocycles. The van der Waals surface area contributed by atoms with Gasteiger partial charge in [0, 0.05) is 30.1 Å². The van der Waals surface area contributed by atoms with Crippen LogP contribution in [-0.4, -0.2) is 39.5 Å². The van der Waals surface area contributed by atoms with Crippen LogP contribution in [0.25, 0.3) is 22.7 Å². The van der Waals surface area contributed by atoms with Gasteiger partial charge >= 0.3 is 0 Å². The van der Waals surface area contributed by atoms with Gasteiger partial charge in [0.25, 0.3) is 5.89 Å². The van der Waals surface area contributed by atoms with Gasteiger partial charge in [-0.3, -0.25) is 4.90 Å². The van der Waals surface area contributed by atoms with Gasteiger partial charge in [-0.2, -0.15) is 0 Å². The summed E-state index contributed by atoms with van der Waals surface area (Å²) in [5.41, 5.74) is 2.41. The van der Waals surface area contributed by atoms with Crippen LogP contribution >= 0.6 is 11.3 Å². The predicted octanol–water partition coefficient (Wildman–Crippen LogP) is 4.94. The van der Waals surface area contributed by atoms with Gasteiger partial charge in [-0.05, 0) is 31.2 Å². The molecule has 1 aliphatic rings. The van der Waals surface area contributed by atoms with Crippen molar-refractivity contribution in [3.05, 3.63) is 64.4 Å². The Labute approximate surface area is 184 Å². The third kappa shape index (κ3) is 4.61. The Morgan fingerprint density at radius 2 is 2.00 bits per heavy atom. The minimum absolute atomic E-state index is 0.257. The molecule has 0 spiro atoms. The van der Waals surface area contributed by atoms with Gasteiger partial charge in [0.1, 0.15) is 17.0 Å². The van der Waals surface area contributed by atoms with E-state index in [0.29, 0.717) is 29.8 Å². The summed E-state index contributed by atoms with van der Waals surface area (Å²) in [5.74, 6) is 1.66. The Morgan fingerprint density at radius 3 is 2.77 bits per heavy atom. The molecule has 1 saturated heterocycles. The fraction of sp³-hybridized carbons (Fsp3) is 0.348. The van der Waals surface area contributed by atoms with Crippen molar-refractivity contribution in [3.8, 4) is 22.7 Å². The minimum Gasteiger partial charge on any atom is -0.419 e. The maximum atomic E-state index is 6.08. The molecule has 0 saturated carbocycles. The Balaban J connectivity index is 1.37. The molecule has 0 radical (unpaired) electrons. The van der Waals surface area contributed by atoms with E-state index in [2.05, 4.69) is 37.8 Å². The topological polar surface area (TPSA) is 77.4 Å². The summed E-state index contributed by atoms with van der Waals surface area (Å²) < 4.78 is 17.4. The second-order valence-corrected chi connectivity index (χ2v) is 8.75. The van der Waals surface area contributed by atoms with Crippen molar-refractivity contribution in [1.29, 1.82) is 0 Å². The average Bonchev–Trinajstić information content (AvgIpc) is 3.57. The van der Waals surface area contributed by atoms with Crippen molar-refractivity contribution in [1.82, 2.24) is 20.3 Å². The normalized spacial score (nSPS) is 16.4. The first kappa shape index (κ1) is 20.1. The number of benzene rings is 1. The molecule has 5 rings (SSSR count).